The number of carbonyl (C=O) groups excluding carboxylic acids is 1. The molecule has 1 heterocycles. The molecule has 0 bridgehead atoms. The zero-order valence-electron chi connectivity index (χ0n) is 9.45. The molecule has 0 saturated carbocycles. The number of phenols is 1. The Bertz CT molecular complexity index is 415. The largest absolute Gasteiger partial charge is 0.507 e. The Hall–Kier alpha value is -1.26. The summed E-state index contributed by atoms with van der Waals surface area (Å²) >= 11 is 5.74. The van der Waals surface area contributed by atoms with Crippen molar-refractivity contribution in [3.05, 3.63) is 28.8 Å². The molecule has 0 atom stereocenters. The first-order chi connectivity index (χ1) is 8.18. The lowest BCUT2D eigenvalue weighted by molar-refractivity contribution is 0.0763. The summed E-state index contributed by atoms with van der Waals surface area (Å²) in [6.45, 7) is 3.10. The molecule has 0 aliphatic carbocycles. The lowest BCUT2D eigenvalue weighted by Gasteiger charge is -2.20. The highest BCUT2D eigenvalue weighted by Gasteiger charge is 2.19. The van der Waals surface area contributed by atoms with Gasteiger partial charge in [-0.15, -0.1) is 0 Å². The van der Waals surface area contributed by atoms with Gasteiger partial charge in [-0.05, 0) is 31.2 Å². The van der Waals surface area contributed by atoms with Crippen LogP contribution in [0.3, 0.4) is 0 Å². The number of hydrogen-bond donors (Lipinski definition) is 2. The van der Waals surface area contributed by atoms with Crippen molar-refractivity contribution in [1.29, 1.82) is 0 Å². The zero-order valence-corrected chi connectivity index (χ0v) is 10.2. The summed E-state index contributed by atoms with van der Waals surface area (Å²) in [5, 5.41) is 13.4. The highest BCUT2D eigenvalue weighted by molar-refractivity contribution is 6.30. The van der Waals surface area contributed by atoms with E-state index in [1.165, 1.54) is 6.07 Å². The van der Waals surface area contributed by atoms with Crippen LogP contribution in [0.25, 0.3) is 0 Å². The van der Waals surface area contributed by atoms with Gasteiger partial charge in [0.25, 0.3) is 5.91 Å². The monoisotopic (exact) mass is 254 g/mol. The summed E-state index contributed by atoms with van der Waals surface area (Å²) in [5.74, 6) is -0.192. The van der Waals surface area contributed by atoms with Crippen LogP contribution in [0.4, 0.5) is 0 Å². The molecule has 2 rings (SSSR count). The van der Waals surface area contributed by atoms with Crippen LogP contribution in [0, 0.1) is 0 Å². The number of hydrogen-bond acceptors (Lipinski definition) is 3. The molecule has 1 saturated heterocycles. The third-order valence-electron chi connectivity index (χ3n) is 2.82. The second kappa shape index (κ2) is 5.38. The minimum atomic E-state index is -0.136. The molecule has 0 spiro atoms. The second-order valence-corrected chi connectivity index (χ2v) is 4.49. The fraction of sp³-hybridized carbons (Fsp3) is 0.417. The Kier molecular flexibility index (Phi) is 3.86. The molecule has 0 aromatic heterocycles. The van der Waals surface area contributed by atoms with Crippen LogP contribution in [0.1, 0.15) is 16.8 Å². The van der Waals surface area contributed by atoms with Gasteiger partial charge in [-0.2, -0.15) is 0 Å². The third-order valence-corrected chi connectivity index (χ3v) is 3.05. The molecule has 1 aliphatic rings. The molecule has 2 N–H and O–H groups in total. The van der Waals surface area contributed by atoms with Crippen molar-refractivity contribution < 1.29 is 9.90 Å². The predicted molar refractivity (Wildman–Crippen MR) is 66.5 cm³/mol. The Morgan fingerprint density at radius 2 is 2.18 bits per heavy atom. The number of benzene rings is 1. The second-order valence-electron chi connectivity index (χ2n) is 4.06. The van der Waals surface area contributed by atoms with Crippen molar-refractivity contribution in [3.63, 3.8) is 0 Å². The number of amides is 1. The third kappa shape index (κ3) is 2.90. The first-order valence-electron chi connectivity index (χ1n) is 5.67. The summed E-state index contributed by atoms with van der Waals surface area (Å²) in [6.07, 6.45) is 0.931. The summed E-state index contributed by atoms with van der Waals surface area (Å²) in [5.41, 5.74) is 0.316. The van der Waals surface area contributed by atoms with Crippen LogP contribution in [0.5, 0.6) is 5.75 Å². The standard InChI is InChI=1S/C12H15ClN2O2/c13-9-2-3-10(11(16)8-9)12(17)15-6-1-4-14-5-7-15/h2-3,8,14,16H,1,4-7H2. The molecule has 4 nitrogen and oxygen atoms in total. The van der Waals surface area contributed by atoms with E-state index in [0.717, 1.165) is 19.5 Å². The van der Waals surface area contributed by atoms with Gasteiger partial charge in [0.05, 0.1) is 5.56 Å². The van der Waals surface area contributed by atoms with E-state index in [2.05, 4.69) is 5.32 Å². The number of nitrogens with zero attached hydrogens (tertiary/aromatic N) is 1. The molecule has 1 aromatic carbocycles. The van der Waals surface area contributed by atoms with Gasteiger partial charge in [-0.25, -0.2) is 0 Å². The highest BCUT2D eigenvalue weighted by atomic mass is 35.5. The molecule has 1 fully saturated rings. The Balaban J connectivity index is 2.17. The fourth-order valence-corrected chi connectivity index (χ4v) is 2.07. The fourth-order valence-electron chi connectivity index (χ4n) is 1.90. The van der Waals surface area contributed by atoms with E-state index >= 15 is 0 Å². The normalized spacial score (nSPS) is 16.6. The smallest absolute Gasteiger partial charge is 0.257 e. The summed E-state index contributed by atoms with van der Waals surface area (Å²) in [6, 6.07) is 4.58. The minimum Gasteiger partial charge on any atom is -0.507 e. The van der Waals surface area contributed by atoms with Crippen molar-refractivity contribution in [3.8, 4) is 5.75 Å². The average molecular weight is 255 g/mol. The van der Waals surface area contributed by atoms with Gasteiger partial charge < -0.3 is 15.3 Å². The van der Waals surface area contributed by atoms with Crippen molar-refractivity contribution in [2.24, 2.45) is 0 Å². The van der Waals surface area contributed by atoms with E-state index in [-0.39, 0.29) is 11.7 Å². The van der Waals surface area contributed by atoms with Crippen LogP contribution in [0.15, 0.2) is 18.2 Å². The first kappa shape index (κ1) is 12.2. The van der Waals surface area contributed by atoms with E-state index in [4.69, 9.17) is 11.6 Å². The van der Waals surface area contributed by atoms with E-state index < -0.39 is 0 Å². The van der Waals surface area contributed by atoms with E-state index in [9.17, 15) is 9.90 Å². The number of halogens is 1. The van der Waals surface area contributed by atoms with E-state index in [0.29, 0.717) is 23.7 Å². The van der Waals surface area contributed by atoms with Crippen LogP contribution in [-0.2, 0) is 0 Å². The van der Waals surface area contributed by atoms with Crippen molar-refractivity contribution in [2.75, 3.05) is 26.2 Å². The number of aromatic hydroxyl groups is 1. The van der Waals surface area contributed by atoms with Gasteiger partial charge >= 0.3 is 0 Å². The topological polar surface area (TPSA) is 52.6 Å². The average Bonchev–Trinajstić information content (AvgIpc) is 2.56. The van der Waals surface area contributed by atoms with Gasteiger partial charge in [0.1, 0.15) is 5.75 Å². The summed E-state index contributed by atoms with van der Waals surface area (Å²) in [4.78, 5) is 13.9. The lowest BCUT2D eigenvalue weighted by Crippen LogP contribution is -2.34. The molecule has 1 aromatic rings. The Morgan fingerprint density at radius 3 is 2.94 bits per heavy atom. The summed E-state index contributed by atoms with van der Waals surface area (Å²) in [7, 11) is 0. The maximum absolute atomic E-state index is 12.2. The van der Waals surface area contributed by atoms with Crippen LogP contribution in [0.2, 0.25) is 5.02 Å². The van der Waals surface area contributed by atoms with E-state index in [1.807, 2.05) is 0 Å². The maximum Gasteiger partial charge on any atom is 0.257 e. The maximum atomic E-state index is 12.2. The predicted octanol–water partition coefficient (Wildman–Crippen LogP) is 1.48. The molecular formula is C12H15ClN2O2. The number of phenolic OH excluding ortho intramolecular Hbond substituents is 1. The lowest BCUT2D eigenvalue weighted by atomic mass is 10.1. The van der Waals surface area contributed by atoms with Crippen LogP contribution in [-0.4, -0.2) is 42.1 Å². The quantitative estimate of drug-likeness (QED) is 0.798. The van der Waals surface area contributed by atoms with Gasteiger partial charge in [-0.3, -0.25) is 4.79 Å². The molecule has 1 amide bonds. The first-order valence-corrected chi connectivity index (χ1v) is 6.05. The molecule has 17 heavy (non-hydrogen) atoms. The Morgan fingerprint density at radius 1 is 1.35 bits per heavy atom. The zero-order chi connectivity index (χ0) is 12.3. The van der Waals surface area contributed by atoms with Crippen molar-refractivity contribution >= 4 is 17.5 Å². The van der Waals surface area contributed by atoms with E-state index in [1.54, 1.807) is 17.0 Å². The molecule has 0 radical (unpaired) electrons. The Labute approximate surface area is 105 Å². The van der Waals surface area contributed by atoms with Gasteiger partial charge in [0.2, 0.25) is 0 Å². The number of rotatable bonds is 1. The minimum absolute atomic E-state index is 0.0558. The van der Waals surface area contributed by atoms with Crippen molar-refractivity contribution in [2.45, 2.75) is 6.42 Å². The molecule has 5 heteroatoms. The number of nitrogens with one attached hydrogen (secondary N) is 1. The van der Waals surface area contributed by atoms with Crippen LogP contribution >= 0.6 is 11.6 Å². The SMILES string of the molecule is O=C(c1ccc(Cl)cc1O)N1CCCNCC1. The highest BCUT2D eigenvalue weighted by Crippen LogP contribution is 2.23. The van der Waals surface area contributed by atoms with Crippen molar-refractivity contribution in [1.82, 2.24) is 10.2 Å². The van der Waals surface area contributed by atoms with Gasteiger partial charge in [0, 0.05) is 24.7 Å². The molecule has 92 valence electrons. The number of carbonyl (C=O) groups is 1. The van der Waals surface area contributed by atoms with Gasteiger partial charge in [-0.1, -0.05) is 11.6 Å². The molecular weight excluding hydrogens is 240 g/mol. The molecule has 1 aliphatic heterocycles. The van der Waals surface area contributed by atoms with Crippen LogP contribution < -0.4 is 5.32 Å². The molecule has 0 unspecified atom stereocenters. The summed E-state index contributed by atoms with van der Waals surface area (Å²) < 4.78 is 0. The van der Waals surface area contributed by atoms with Gasteiger partial charge in [0.15, 0.2) is 0 Å².